The molecule has 2 aliphatic heterocycles. The molecule has 2 fully saturated rings. The van der Waals surface area contributed by atoms with E-state index in [4.69, 9.17) is 4.74 Å². The first-order valence-corrected chi connectivity index (χ1v) is 12.5. The third-order valence-corrected chi connectivity index (χ3v) is 7.88. The zero-order valence-electron chi connectivity index (χ0n) is 17.5. The van der Waals surface area contributed by atoms with Crippen molar-refractivity contribution in [1.29, 1.82) is 0 Å². The third-order valence-electron chi connectivity index (χ3n) is 4.67. The molecule has 2 saturated heterocycles. The fourth-order valence-electron chi connectivity index (χ4n) is 3.43. The number of amidine groups is 1. The molecule has 10 heteroatoms. The average molecular weight is 454 g/mol. The second-order valence-electron chi connectivity index (χ2n) is 8.42. The van der Waals surface area contributed by atoms with Crippen molar-refractivity contribution in [3.63, 3.8) is 0 Å². The maximum atomic E-state index is 12.4. The molecule has 2 heterocycles. The van der Waals surface area contributed by atoms with Crippen molar-refractivity contribution >= 4 is 44.5 Å². The van der Waals surface area contributed by atoms with E-state index in [0.29, 0.717) is 5.17 Å². The number of hydrogen-bond donors (Lipinski definition) is 1. The Hall–Kier alpha value is -2.07. The van der Waals surface area contributed by atoms with Crippen molar-refractivity contribution in [2.24, 2.45) is 4.99 Å². The molecule has 0 spiro atoms. The number of para-hydroxylation sites is 1. The predicted molar refractivity (Wildman–Crippen MR) is 119 cm³/mol. The summed E-state index contributed by atoms with van der Waals surface area (Å²) in [4.78, 5) is 30.3. The van der Waals surface area contributed by atoms with Crippen molar-refractivity contribution in [3.05, 3.63) is 29.8 Å². The minimum absolute atomic E-state index is 0.0263. The van der Waals surface area contributed by atoms with Gasteiger partial charge in [-0.15, -0.1) is 0 Å². The van der Waals surface area contributed by atoms with Gasteiger partial charge < -0.3 is 15.0 Å². The van der Waals surface area contributed by atoms with E-state index < -0.39 is 21.5 Å². The summed E-state index contributed by atoms with van der Waals surface area (Å²) in [5, 5.41) is 2.91. The van der Waals surface area contributed by atoms with E-state index in [2.05, 4.69) is 10.3 Å². The number of nitrogens with zero attached hydrogens (tertiary/aromatic N) is 2. The number of nitrogens with one attached hydrogen (secondary N) is 1. The van der Waals surface area contributed by atoms with E-state index >= 15 is 0 Å². The van der Waals surface area contributed by atoms with Crippen molar-refractivity contribution in [2.45, 2.75) is 51.0 Å². The number of fused-ring (bicyclic) bond motifs is 1. The van der Waals surface area contributed by atoms with Crippen molar-refractivity contribution in [1.82, 2.24) is 5.32 Å². The Kier molecular flexibility index (Phi) is 6.47. The molecule has 2 atom stereocenters. The van der Waals surface area contributed by atoms with E-state index in [0.717, 1.165) is 11.3 Å². The molecule has 0 saturated carbocycles. The predicted octanol–water partition coefficient (Wildman–Crippen LogP) is 2.51. The van der Waals surface area contributed by atoms with E-state index in [9.17, 15) is 18.0 Å². The molecule has 1 aromatic carbocycles. The van der Waals surface area contributed by atoms with Crippen LogP contribution >= 0.6 is 11.8 Å². The minimum Gasteiger partial charge on any atom is -0.444 e. The fourth-order valence-corrected chi connectivity index (χ4v) is 7.35. The van der Waals surface area contributed by atoms with Gasteiger partial charge in [0.25, 0.3) is 0 Å². The number of carbonyl (C=O) groups excluding carboxylic acids is 2. The van der Waals surface area contributed by atoms with Gasteiger partial charge in [0.15, 0.2) is 15.0 Å². The Morgan fingerprint density at radius 2 is 1.97 bits per heavy atom. The molecule has 30 heavy (non-hydrogen) atoms. The first-order chi connectivity index (χ1) is 14.0. The maximum absolute atomic E-state index is 12.4. The van der Waals surface area contributed by atoms with Crippen LogP contribution in [0.25, 0.3) is 0 Å². The maximum Gasteiger partial charge on any atom is 0.407 e. The number of hydrogen-bond acceptors (Lipinski definition) is 6. The lowest BCUT2D eigenvalue weighted by molar-refractivity contribution is -0.117. The van der Waals surface area contributed by atoms with Crippen LogP contribution in [0.1, 0.15) is 32.8 Å². The second kappa shape index (κ2) is 8.58. The van der Waals surface area contributed by atoms with Gasteiger partial charge in [-0.3, -0.25) is 4.79 Å². The smallest absolute Gasteiger partial charge is 0.407 e. The first kappa shape index (κ1) is 22.6. The molecule has 1 aromatic rings. The van der Waals surface area contributed by atoms with Crippen LogP contribution in [0.3, 0.4) is 0 Å². The van der Waals surface area contributed by atoms with Gasteiger partial charge in [-0.1, -0.05) is 30.0 Å². The van der Waals surface area contributed by atoms with Gasteiger partial charge in [0.05, 0.1) is 17.5 Å². The molecule has 164 valence electrons. The monoisotopic (exact) mass is 453 g/mol. The zero-order valence-corrected chi connectivity index (χ0v) is 19.2. The molecule has 0 bridgehead atoms. The van der Waals surface area contributed by atoms with Crippen molar-refractivity contribution in [2.75, 3.05) is 23.0 Å². The molecule has 0 radical (unpaired) electrons. The highest BCUT2D eigenvalue weighted by Gasteiger charge is 2.49. The highest BCUT2D eigenvalue weighted by atomic mass is 32.2. The number of alkyl carbamates (subject to hydrolysis) is 1. The van der Waals surface area contributed by atoms with Crippen molar-refractivity contribution < 1.29 is 22.7 Å². The third kappa shape index (κ3) is 5.54. The summed E-state index contributed by atoms with van der Waals surface area (Å²) >= 11 is 1.34. The number of aliphatic imine (C=N–C) groups is 1. The minimum atomic E-state index is -3.11. The number of aryl methyl sites for hydroxylation is 1. The zero-order chi connectivity index (χ0) is 22.1. The number of benzene rings is 1. The topological polar surface area (TPSA) is 105 Å². The Balaban J connectivity index is 1.72. The first-order valence-electron chi connectivity index (χ1n) is 9.75. The number of anilines is 1. The lowest BCUT2D eigenvalue weighted by Gasteiger charge is -2.26. The number of thioether (sulfide) groups is 1. The van der Waals surface area contributed by atoms with Crippen molar-refractivity contribution in [3.8, 4) is 0 Å². The summed E-state index contributed by atoms with van der Waals surface area (Å²) in [7, 11) is -3.11. The fraction of sp³-hybridized carbons (Fsp3) is 0.550. The number of ether oxygens (including phenoxy) is 1. The SMILES string of the molecule is Cc1ccccc1N1C(=NC(=O)CCNC(=O)OC(C)(C)C)S[C@@H]2CS(=O)(=O)C[C@@H]21. The van der Waals surface area contributed by atoms with Crippen LogP contribution in [0.2, 0.25) is 0 Å². The Morgan fingerprint density at radius 1 is 1.27 bits per heavy atom. The summed E-state index contributed by atoms with van der Waals surface area (Å²) in [5.41, 5.74) is 1.23. The Morgan fingerprint density at radius 3 is 2.63 bits per heavy atom. The highest BCUT2D eigenvalue weighted by molar-refractivity contribution is 8.16. The normalized spacial score (nSPS) is 24.0. The number of amides is 2. The van der Waals surface area contributed by atoms with E-state index in [1.807, 2.05) is 36.1 Å². The quantitative estimate of drug-likeness (QED) is 0.747. The van der Waals surface area contributed by atoms with E-state index in [1.54, 1.807) is 20.8 Å². The van der Waals surface area contributed by atoms with E-state index in [1.165, 1.54) is 11.8 Å². The van der Waals surface area contributed by atoms with E-state index in [-0.39, 0.29) is 41.7 Å². The molecule has 0 aromatic heterocycles. The highest BCUT2D eigenvalue weighted by Crippen LogP contribution is 2.41. The largest absolute Gasteiger partial charge is 0.444 e. The van der Waals surface area contributed by atoms with Crippen LogP contribution in [0.15, 0.2) is 29.3 Å². The van der Waals surface area contributed by atoms with Crippen LogP contribution < -0.4 is 10.2 Å². The van der Waals surface area contributed by atoms with Gasteiger partial charge in [-0.2, -0.15) is 4.99 Å². The Bertz CT molecular complexity index is 969. The molecular weight excluding hydrogens is 426 g/mol. The average Bonchev–Trinajstić information content (AvgIpc) is 3.05. The molecule has 2 amide bonds. The molecule has 0 aliphatic carbocycles. The standard InChI is InChI=1S/C20H27N3O5S2/c1-13-7-5-6-8-14(13)23-15-11-30(26,27)12-16(15)29-18(23)22-17(24)9-10-21-19(25)28-20(2,3)4/h5-8,15-16H,9-12H2,1-4H3,(H,21,25)/t15-,16+/m0/s1. The molecule has 0 unspecified atom stereocenters. The summed E-state index contributed by atoms with van der Waals surface area (Å²) in [6.45, 7) is 7.34. The summed E-state index contributed by atoms with van der Waals surface area (Å²) in [5.74, 6) is -0.250. The molecule has 1 N–H and O–H groups in total. The molecule has 8 nitrogen and oxygen atoms in total. The second-order valence-corrected chi connectivity index (χ2v) is 11.8. The van der Waals surface area contributed by atoms with Crippen LogP contribution in [-0.4, -0.2) is 60.5 Å². The van der Waals surface area contributed by atoms with Crippen LogP contribution in [0, 0.1) is 6.92 Å². The summed E-state index contributed by atoms with van der Waals surface area (Å²) in [6.07, 6.45) is -0.557. The molecule has 2 aliphatic rings. The lowest BCUT2D eigenvalue weighted by atomic mass is 10.1. The van der Waals surface area contributed by atoms with Gasteiger partial charge in [-0.25, -0.2) is 13.2 Å². The lowest BCUT2D eigenvalue weighted by Crippen LogP contribution is -2.38. The summed E-state index contributed by atoms with van der Waals surface area (Å²) < 4.78 is 29.4. The van der Waals surface area contributed by atoms with Crippen LogP contribution in [0.4, 0.5) is 10.5 Å². The van der Waals surface area contributed by atoms with Crippen LogP contribution in [0.5, 0.6) is 0 Å². The van der Waals surface area contributed by atoms with Crippen LogP contribution in [-0.2, 0) is 19.4 Å². The van der Waals surface area contributed by atoms with Gasteiger partial charge in [-0.05, 0) is 39.3 Å². The van der Waals surface area contributed by atoms with Gasteiger partial charge in [0, 0.05) is 23.9 Å². The number of carbonyl (C=O) groups is 2. The van der Waals surface area contributed by atoms with Gasteiger partial charge >= 0.3 is 6.09 Å². The molecular formula is C20H27N3O5S2. The number of rotatable bonds is 4. The van der Waals surface area contributed by atoms with Gasteiger partial charge in [0.2, 0.25) is 5.91 Å². The Labute approximate surface area is 181 Å². The number of sulfone groups is 1. The van der Waals surface area contributed by atoms with Gasteiger partial charge in [0.1, 0.15) is 5.60 Å². The molecule has 3 rings (SSSR count). The summed E-state index contributed by atoms with van der Waals surface area (Å²) in [6, 6.07) is 7.41.